The average molecular weight is 1040 g/mol. The lowest BCUT2D eigenvalue weighted by atomic mass is 10.0. The van der Waals surface area contributed by atoms with Crippen molar-refractivity contribution in [3.63, 3.8) is 0 Å². The van der Waals surface area contributed by atoms with Gasteiger partial charge in [-0.2, -0.15) is 26.3 Å². The quantitative estimate of drug-likeness (QED) is 0.158. The van der Waals surface area contributed by atoms with Crippen LogP contribution in [0.1, 0.15) is 28.8 Å². The van der Waals surface area contributed by atoms with Crippen LogP contribution < -0.4 is 0 Å². The molecule has 15 aromatic rings. The maximum Gasteiger partial charge on any atom is 0.416 e. The zero-order chi connectivity index (χ0) is 53.1. The zero-order valence-corrected chi connectivity index (χ0v) is 41.6. The van der Waals surface area contributed by atoms with Crippen LogP contribution in [0.25, 0.3) is 133 Å². The molecule has 16 rings (SSSR count). The first-order valence-corrected chi connectivity index (χ1v) is 26.1. The van der Waals surface area contributed by atoms with Gasteiger partial charge in [0.15, 0.2) is 11.6 Å². The van der Waals surface area contributed by atoms with E-state index in [1.165, 1.54) is 12.1 Å². The molecule has 1 aliphatic carbocycles. The molecule has 6 aromatic heterocycles. The molecule has 0 fully saturated rings. The van der Waals surface area contributed by atoms with Gasteiger partial charge >= 0.3 is 12.4 Å². The van der Waals surface area contributed by atoms with Gasteiger partial charge in [0.2, 0.25) is 0 Å². The molecule has 0 spiro atoms. The Balaban J connectivity index is 1.28. The van der Waals surface area contributed by atoms with E-state index in [1.807, 2.05) is 146 Å². The van der Waals surface area contributed by atoms with Crippen LogP contribution in [-0.2, 0) is 18.8 Å². The van der Waals surface area contributed by atoms with E-state index in [-0.39, 0.29) is 11.0 Å². The van der Waals surface area contributed by atoms with Crippen molar-refractivity contribution in [2.75, 3.05) is 0 Å². The van der Waals surface area contributed by atoms with Gasteiger partial charge in [0.05, 0.1) is 60.8 Å². The molecule has 0 atom stereocenters. The van der Waals surface area contributed by atoms with Crippen LogP contribution in [0.2, 0.25) is 0 Å². The predicted octanol–water partition coefficient (Wildman–Crippen LogP) is 18.4. The Morgan fingerprint density at radius 1 is 0.316 bits per heavy atom. The van der Waals surface area contributed by atoms with Gasteiger partial charge in [-0.3, -0.25) is 9.13 Å². The number of para-hydroxylation sites is 7. The fourth-order valence-electron chi connectivity index (χ4n) is 13.0. The Bertz CT molecular complexity index is 4900. The summed E-state index contributed by atoms with van der Waals surface area (Å²) >= 11 is 0. The Morgan fingerprint density at radius 2 is 0.633 bits per heavy atom. The van der Waals surface area contributed by atoms with E-state index in [4.69, 9.17) is 4.98 Å². The second-order valence-corrected chi connectivity index (χ2v) is 20.4. The van der Waals surface area contributed by atoms with Gasteiger partial charge in [0.1, 0.15) is 17.1 Å². The van der Waals surface area contributed by atoms with Crippen LogP contribution in [0.15, 0.2) is 212 Å². The Labute approximate surface area is 445 Å². The standard InChI is InChI=1S/C67H40F6N6/c68-66(69,70)39-33-35-49-50-36-34-40(67(71,72)73)38-60(50)77(59(49)37-39)61-62(75-51-25-9-1-17-41(51)42-18-2-10-26-52(42)75)64(78-55-29-13-5-21-45(55)46-22-6-14-30-56(46)78)74-65(79-57-31-15-7-23-47(57)48-24-8-16-32-58(48)79)63(61)76-53-27-11-3-19-43(53)44-20-4-12-28-54(44)76/h1-15,17-31,33-38H,16,32H2. The number of aromatic nitrogens is 6. The van der Waals surface area contributed by atoms with Crippen molar-refractivity contribution in [1.29, 1.82) is 0 Å². The minimum absolute atomic E-state index is 0.0563. The third-order valence-corrected chi connectivity index (χ3v) is 16.2. The SMILES string of the molecule is FC(F)(F)c1ccc2c3ccc(C(F)(F)F)cc3n(-c3c(-n4c5ccccc5c5ccccc54)c(-n4c5c(c6ccccc64)C=CCC5)nc(-n4c5ccccc5c5ccccc54)c3-n3c4ccccc4c4ccccc43)c2c1. The second kappa shape index (κ2) is 16.4. The molecular formula is C67H40F6N6. The highest BCUT2D eigenvalue weighted by Gasteiger charge is 2.38. The third kappa shape index (κ3) is 6.39. The highest BCUT2D eigenvalue weighted by molar-refractivity contribution is 6.16. The first kappa shape index (κ1) is 45.4. The van der Waals surface area contributed by atoms with E-state index < -0.39 is 23.5 Å². The lowest BCUT2D eigenvalue weighted by Crippen LogP contribution is -2.19. The summed E-state index contributed by atoms with van der Waals surface area (Å²) in [6, 6.07) is 63.2. The van der Waals surface area contributed by atoms with Crippen molar-refractivity contribution in [3.8, 4) is 28.7 Å². The molecule has 0 saturated carbocycles. The second-order valence-electron chi connectivity index (χ2n) is 20.4. The van der Waals surface area contributed by atoms with Gasteiger partial charge in [0.25, 0.3) is 0 Å². The van der Waals surface area contributed by atoms with Gasteiger partial charge in [-0.15, -0.1) is 0 Å². The highest BCUT2D eigenvalue weighted by Crippen LogP contribution is 2.50. The normalized spacial score (nSPS) is 13.3. The fourth-order valence-corrected chi connectivity index (χ4v) is 13.0. The van der Waals surface area contributed by atoms with Crippen molar-refractivity contribution in [1.82, 2.24) is 27.8 Å². The Hall–Kier alpha value is -9.81. The maximum atomic E-state index is 15.5. The molecule has 0 N–H and O–H groups in total. The van der Waals surface area contributed by atoms with Crippen molar-refractivity contribution in [2.45, 2.75) is 25.2 Å². The van der Waals surface area contributed by atoms with E-state index in [9.17, 15) is 0 Å². The summed E-state index contributed by atoms with van der Waals surface area (Å²) in [6.07, 6.45) is -4.02. The molecule has 0 aliphatic heterocycles. The van der Waals surface area contributed by atoms with E-state index in [1.54, 1.807) is 4.57 Å². The summed E-state index contributed by atoms with van der Waals surface area (Å²) in [5, 5.41) is 7.06. The first-order valence-electron chi connectivity index (χ1n) is 26.1. The van der Waals surface area contributed by atoms with Crippen molar-refractivity contribution in [2.24, 2.45) is 0 Å². The van der Waals surface area contributed by atoms with Gasteiger partial charge in [-0.1, -0.05) is 152 Å². The van der Waals surface area contributed by atoms with Crippen LogP contribution in [0, 0.1) is 0 Å². The molecular weight excluding hydrogens is 1000 g/mol. The van der Waals surface area contributed by atoms with Crippen LogP contribution in [-0.4, -0.2) is 27.8 Å². The molecule has 1 aliphatic rings. The number of nitrogens with zero attached hydrogens (tertiary/aromatic N) is 6. The number of pyridine rings is 1. The van der Waals surface area contributed by atoms with Crippen LogP contribution in [0.4, 0.5) is 26.3 Å². The van der Waals surface area contributed by atoms with Gasteiger partial charge in [-0.25, -0.2) is 4.98 Å². The number of alkyl halides is 6. The molecule has 12 heteroatoms. The summed E-state index contributed by atoms with van der Waals surface area (Å²) in [5.41, 5.74) is 6.75. The topological polar surface area (TPSA) is 37.5 Å². The number of rotatable bonds is 5. The predicted molar refractivity (Wildman–Crippen MR) is 306 cm³/mol. The number of hydrogen-bond donors (Lipinski definition) is 0. The van der Waals surface area contributed by atoms with Gasteiger partial charge < -0.3 is 13.7 Å². The summed E-state index contributed by atoms with van der Waals surface area (Å²) in [6.45, 7) is 0. The Morgan fingerprint density at radius 3 is 1.03 bits per heavy atom. The summed E-state index contributed by atoms with van der Waals surface area (Å²) in [5.74, 6) is 0.815. The molecule has 0 radical (unpaired) electrons. The van der Waals surface area contributed by atoms with Gasteiger partial charge in [0, 0.05) is 59.7 Å². The Kier molecular flexibility index (Phi) is 9.40. The van der Waals surface area contributed by atoms with E-state index in [2.05, 4.69) is 54.7 Å². The summed E-state index contributed by atoms with van der Waals surface area (Å²) in [4.78, 5) is 6.19. The van der Waals surface area contributed by atoms with Crippen molar-refractivity contribution in [3.05, 3.63) is 235 Å². The molecule has 0 unspecified atom stereocenters. The molecule has 0 saturated heterocycles. The number of halogens is 6. The van der Waals surface area contributed by atoms with Crippen LogP contribution >= 0.6 is 0 Å². The van der Waals surface area contributed by atoms with Crippen LogP contribution in [0.3, 0.4) is 0 Å². The van der Waals surface area contributed by atoms with Gasteiger partial charge in [-0.05, 0) is 79.6 Å². The minimum Gasteiger partial charge on any atom is -0.305 e. The number of hydrogen-bond acceptors (Lipinski definition) is 1. The molecule has 380 valence electrons. The number of fused-ring (bicyclic) bond motifs is 15. The minimum atomic E-state index is -4.83. The largest absolute Gasteiger partial charge is 0.416 e. The van der Waals surface area contributed by atoms with E-state index in [0.717, 1.165) is 112 Å². The smallest absolute Gasteiger partial charge is 0.305 e. The summed E-state index contributed by atoms with van der Waals surface area (Å²) in [7, 11) is 0. The van der Waals surface area contributed by atoms with Crippen molar-refractivity contribution < 1.29 is 26.3 Å². The molecule has 9 aromatic carbocycles. The monoisotopic (exact) mass is 1040 g/mol. The maximum absolute atomic E-state index is 15.5. The highest BCUT2D eigenvalue weighted by atomic mass is 19.4. The molecule has 0 bridgehead atoms. The van der Waals surface area contributed by atoms with E-state index >= 15 is 26.3 Å². The first-order chi connectivity index (χ1) is 38.5. The fraction of sp³-hybridized carbons (Fsp3) is 0.0597. The molecule has 6 nitrogen and oxygen atoms in total. The number of allylic oxidation sites excluding steroid dienone is 1. The zero-order valence-electron chi connectivity index (χ0n) is 41.6. The lowest BCUT2D eigenvalue weighted by molar-refractivity contribution is -0.138. The molecule has 0 amide bonds. The third-order valence-electron chi connectivity index (χ3n) is 16.2. The summed E-state index contributed by atoms with van der Waals surface area (Å²) < 4.78 is 104. The molecule has 79 heavy (non-hydrogen) atoms. The van der Waals surface area contributed by atoms with Crippen LogP contribution in [0.5, 0.6) is 0 Å². The van der Waals surface area contributed by atoms with Crippen molar-refractivity contribution >= 4 is 104 Å². The molecule has 6 heterocycles. The average Bonchev–Trinajstić information content (AvgIpc) is 3.91. The van der Waals surface area contributed by atoms with E-state index in [0.29, 0.717) is 52.3 Å². The number of benzene rings is 9. The lowest BCUT2D eigenvalue weighted by Gasteiger charge is -2.28.